The molecule has 0 spiro atoms. The lowest BCUT2D eigenvalue weighted by molar-refractivity contribution is 0.331. The number of guanidine groups is 1. The second-order valence-electron chi connectivity index (χ2n) is 7.26. The van der Waals surface area contributed by atoms with Crippen LogP contribution in [0.3, 0.4) is 0 Å². The molecule has 0 atom stereocenters. The number of nitrogens with one attached hydrogen (secondary N) is 2. The predicted octanol–water partition coefficient (Wildman–Crippen LogP) is 2.66. The number of hydrogen-bond donors (Lipinski definition) is 2. The Morgan fingerprint density at radius 2 is 1.89 bits per heavy atom. The van der Waals surface area contributed by atoms with Crippen LogP contribution in [-0.4, -0.2) is 47.2 Å². The third-order valence-electron chi connectivity index (χ3n) is 4.82. The van der Waals surface area contributed by atoms with Crippen LogP contribution < -0.4 is 10.6 Å². The number of aliphatic imine (C=N–C) groups is 1. The normalized spacial score (nSPS) is 15.1. The highest BCUT2D eigenvalue weighted by atomic mass is 16.5. The molecule has 0 saturated carbocycles. The van der Waals surface area contributed by atoms with Crippen LogP contribution in [0.2, 0.25) is 0 Å². The molecule has 28 heavy (non-hydrogen) atoms. The third-order valence-corrected chi connectivity index (χ3v) is 4.82. The Morgan fingerprint density at radius 1 is 1.14 bits per heavy atom. The Bertz CT molecular complexity index is 734. The first-order chi connectivity index (χ1) is 13.7. The van der Waals surface area contributed by atoms with Gasteiger partial charge in [0.2, 0.25) is 5.89 Å². The minimum atomic E-state index is 0.669. The first-order valence-electron chi connectivity index (χ1n) is 10.3. The van der Waals surface area contributed by atoms with Gasteiger partial charge in [-0.05, 0) is 57.3 Å². The maximum Gasteiger partial charge on any atom is 0.226 e. The molecule has 1 fully saturated rings. The third kappa shape index (κ3) is 6.64. The van der Waals surface area contributed by atoms with E-state index < -0.39 is 0 Å². The van der Waals surface area contributed by atoms with Gasteiger partial charge in [-0.1, -0.05) is 29.4 Å². The quantitative estimate of drug-likeness (QED) is 0.393. The van der Waals surface area contributed by atoms with Crippen molar-refractivity contribution in [2.24, 2.45) is 4.99 Å². The number of nitrogens with zero attached hydrogens (tertiary/aromatic N) is 4. The minimum Gasteiger partial charge on any atom is -0.357 e. The van der Waals surface area contributed by atoms with Crippen molar-refractivity contribution in [2.75, 3.05) is 26.2 Å². The summed E-state index contributed by atoms with van der Waals surface area (Å²) in [5.74, 6) is 2.21. The van der Waals surface area contributed by atoms with Gasteiger partial charge in [-0.2, -0.15) is 4.98 Å². The van der Waals surface area contributed by atoms with E-state index in [1.807, 2.05) is 6.92 Å². The summed E-state index contributed by atoms with van der Waals surface area (Å²) in [6.45, 7) is 9.75. The average molecular weight is 385 g/mol. The van der Waals surface area contributed by atoms with Crippen LogP contribution in [0.15, 0.2) is 33.8 Å². The molecule has 1 saturated heterocycles. The smallest absolute Gasteiger partial charge is 0.226 e. The van der Waals surface area contributed by atoms with E-state index in [1.165, 1.54) is 37.1 Å². The van der Waals surface area contributed by atoms with Crippen LogP contribution in [0.1, 0.15) is 49.0 Å². The summed E-state index contributed by atoms with van der Waals surface area (Å²) >= 11 is 0. The lowest BCUT2D eigenvalue weighted by Crippen LogP contribution is -2.37. The zero-order valence-electron chi connectivity index (χ0n) is 17.1. The molecule has 1 aromatic carbocycles. The standard InChI is InChI=1S/C21H32N6O/c1-3-22-21(23-12-6-7-20-25-17(2)26-28-20)24-15-18-8-10-19(11-9-18)16-27-13-4-5-14-27/h8-11H,3-7,12-16H2,1-2H3,(H2,22,23,24). The van der Waals surface area contributed by atoms with Gasteiger partial charge in [0, 0.05) is 26.1 Å². The molecule has 1 aliphatic heterocycles. The first kappa shape index (κ1) is 20.3. The lowest BCUT2D eigenvalue weighted by Gasteiger charge is -2.14. The molecule has 0 bridgehead atoms. The second kappa shape index (κ2) is 10.8. The van der Waals surface area contributed by atoms with Gasteiger partial charge in [-0.3, -0.25) is 4.90 Å². The van der Waals surface area contributed by atoms with E-state index in [2.05, 4.69) is 56.9 Å². The highest BCUT2D eigenvalue weighted by molar-refractivity contribution is 5.79. The summed E-state index contributed by atoms with van der Waals surface area (Å²) in [6.07, 6.45) is 4.35. The van der Waals surface area contributed by atoms with Crippen LogP contribution in [0.5, 0.6) is 0 Å². The number of aryl methyl sites for hydroxylation is 2. The molecule has 2 aromatic rings. The molecule has 1 aliphatic rings. The van der Waals surface area contributed by atoms with E-state index in [0.717, 1.165) is 38.4 Å². The number of hydrogen-bond acceptors (Lipinski definition) is 5. The van der Waals surface area contributed by atoms with Crippen LogP contribution >= 0.6 is 0 Å². The Morgan fingerprint density at radius 3 is 2.57 bits per heavy atom. The van der Waals surface area contributed by atoms with Gasteiger partial charge in [0.25, 0.3) is 0 Å². The summed E-state index contributed by atoms with van der Waals surface area (Å²) in [5.41, 5.74) is 2.61. The topological polar surface area (TPSA) is 78.6 Å². The van der Waals surface area contributed by atoms with E-state index in [1.54, 1.807) is 0 Å². The minimum absolute atomic E-state index is 0.669. The van der Waals surface area contributed by atoms with Crippen LogP contribution in [0.4, 0.5) is 0 Å². The Kier molecular flexibility index (Phi) is 7.84. The molecule has 2 N–H and O–H groups in total. The van der Waals surface area contributed by atoms with Crippen LogP contribution in [-0.2, 0) is 19.5 Å². The predicted molar refractivity (Wildman–Crippen MR) is 111 cm³/mol. The van der Waals surface area contributed by atoms with Crippen molar-refractivity contribution < 1.29 is 4.52 Å². The van der Waals surface area contributed by atoms with Crippen LogP contribution in [0.25, 0.3) is 0 Å². The Balaban J connectivity index is 1.43. The summed E-state index contributed by atoms with van der Waals surface area (Å²) in [4.78, 5) is 11.4. The number of likely N-dealkylation sites (tertiary alicyclic amines) is 1. The van der Waals surface area contributed by atoms with E-state index in [-0.39, 0.29) is 0 Å². The Labute approximate surface area is 167 Å². The molecule has 7 nitrogen and oxygen atoms in total. The molecule has 152 valence electrons. The van der Waals surface area contributed by atoms with Crippen molar-refractivity contribution in [1.82, 2.24) is 25.7 Å². The fourth-order valence-electron chi connectivity index (χ4n) is 3.35. The molecule has 1 aromatic heterocycles. The number of rotatable bonds is 9. The SMILES string of the molecule is CCNC(=NCc1ccc(CN2CCCC2)cc1)NCCCc1nc(C)no1. The number of benzene rings is 1. The van der Waals surface area contributed by atoms with Crippen molar-refractivity contribution in [3.63, 3.8) is 0 Å². The maximum atomic E-state index is 5.14. The van der Waals surface area contributed by atoms with Gasteiger partial charge in [0.15, 0.2) is 11.8 Å². The van der Waals surface area contributed by atoms with Crippen LogP contribution in [0, 0.1) is 6.92 Å². The summed E-state index contributed by atoms with van der Waals surface area (Å²) in [7, 11) is 0. The number of aromatic nitrogens is 2. The van der Waals surface area contributed by atoms with Crippen molar-refractivity contribution in [1.29, 1.82) is 0 Å². The zero-order valence-corrected chi connectivity index (χ0v) is 17.1. The summed E-state index contributed by atoms with van der Waals surface area (Å²) in [6, 6.07) is 8.85. The zero-order chi connectivity index (χ0) is 19.6. The van der Waals surface area contributed by atoms with Crippen molar-refractivity contribution in [2.45, 2.75) is 52.6 Å². The van der Waals surface area contributed by atoms with Crippen molar-refractivity contribution in [3.05, 3.63) is 47.1 Å². The summed E-state index contributed by atoms with van der Waals surface area (Å²) < 4.78 is 5.14. The highest BCUT2D eigenvalue weighted by Crippen LogP contribution is 2.13. The second-order valence-corrected chi connectivity index (χ2v) is 7.26. The largest absolute Gasteiger partial charge is 0.357 e. The molecule has 3 rings (SSSR count). The maximum absolute atomic E-state index is 5.14. The summed E-state index contributed by atoms with van der Waals surface area (Å²) in [5, 5.41) is 10.5. The molecule has 2 heterocycles. The fourth-order valence-corrected chi connectivity index (χ4v) is 3.35. The lowest BCUT2D eigenvalue weighted by atomic mass is 10.1. The molecular weight excluding hydrogens is 352 g/mol. The Hall–Kier alpha value is -2.41. The van der Waals surface area contributed by atoms with E-state index >= 15 is 0 Å². The molecular formula is C21H32N6O. The van der Waals surface area contributed by atoms with Crippen molar-refractivity contribution in [3.8, 4) is 0 Å². The van der Waals surface area contributed by atoms with Gasteiger partial charge in [-0.15, -0.1) is 0 Å². The molecule has 0 radical (unpaired) electrons. The van der Waals surface area contributed by atoms with E-state index in [4.69, 9.17) is 9.52 Å². The monoisotopic (exact) mass is 384 g/mol. The van der Waals surface area contributed by atoms with E-state index in [0.29, 0.717) is 18.3 Å². The van der Waals surface area contributed by atoms with Gasteiger partial charge in [-0.25, -0.2) is 4.99 Å². The molecule has 0 aliphatic carbocycles. The van der Waals surface area contributed by atoms with E-state index in [9.17, 15) is 0 Å². The van der Waals surface area contributed by atoms with Gasteiger partial charge in [0.1, 0.15) is 0 Å². The average Bonchev–Trinajstić information content (AvgIpc) is 3.36. The fraction of sp³-hybridized carbons (Fsp3) is 0.571. The molecule has 0 unspecified atom stereocenters. The molecule has 0 amide bonds. The first-order valence-corrected chi connectivity index (χ1v) is 10.3. The van der Waals surface area contributed by atoms with Gasteiger partial charge < -0.3 is 15.2 Å². The van der Waals surface area contributed by atoms with Crippen molar-refractivity contribution >= 4 is 5.96 Å². The van der Waals surface area contributed by atoms with Gasteiger partial charge in [0.05, 0.1) is 6.54 Å². The molecule has 7 heteroatoms. The highest BCUT2D eigenvalue weighted by Gasteiger charge is 2.11. The van der Waals surface area contributed by atoms with Gasteiger partial charge >= 0.3 is 0 Å².